The smallest absolute Gasteiger partial charge is 0.124 e. The summed E-state index contributed by atoms with van der Waals surface area (Å²) in [5, 5.41) is 22.6. The maximum Gasteiger partial charge on any atom is 0.124 e. The zero-order valence-corrected chi connectivity index (χ0v) is 11.9. The minimum Gasteiger partial charge on any atom is -0.507 e. The highest BCUT2D eigenvalue weighted by Gasteiger charge is 2.25. The van der Waals surface area contributed by atoms with Crippen molar-refractivity contribution in [3.8, 4) is 5.75 Å². The second-order valence-corrected chi connectivity index (χ2v) is 5.33. The number of hydrogen-bond acceptors (Lipinski definition) is 4. The number of halogens is 1. The van der Waals surface area contributed by atoms with Crippen LogP contribution in [0.2, 0.25) is 0 Å². The van der Waals surface area contributed by atoms with Crippen molar-refractivity contribution in [2.45, 2.75) is 25.8 Å². The molecule has 0 unspecified atom stereocenters. The van der Waals surface area contributed by atoms with Crippen LogP contribution in [0.5, 0.6) is 5.75 Å². The number of nitrogens with zero attached hydrogens (tertiary/aromatic N) is 1. The molecule has 1 atom stereocenters. The quantitative estimate of drug-likeness (QED) is 0.767. The van der Waals surface area contributed by atoms with Gasteiger partial charge in [-0.1, -0.05) is 0 Å². The number of aliphatic hydroxyl groups excluding tert-OH is 1. The van der Waals surface area contributed by atoms with Crippen LogP contribution in [-0.2, 0) is 0 Å². The lowest BCUT2D eigenvalue weighted by Gasteiger charge is -2.35. The highest BCUT2D eigenvalue weighted by molar-refractivity contribution is 5.42. The van der Waals surface area contributed by atoms with Gasteiger partial charge in [0.25, 0.3) is 0 Å². The normalized spacial score (nSPS) is 18.1. The summed E-state index contributed by atoms with van der Waals surface area (Å²) in [5.74, 6) is -0.146. The van der Waals surface area contributed by atoms with Crippen molar-refractivity contribution >= 4 is 0 Å². The molecule has 2 rings (SSSR count). The first-order valence-electron chi connectivity index (χ1n) is 7.18. The molecule has 1 aromatic carbocycles. The van der Waals surface area contributed by atoms with Crippen molar-refractivity contribution in [1.82, 2.24) is 10.2 Å². The average molecular weight is 282 g/mol. The summed E-state index contributed by atoms with van der Waals surface area (Å²) < 4.78 is 13.7. The van der Waals surface area contributed by atoms with E-state index in [1.54, 1.807) is 6.92 Å². The lowest BCUT2D eigenvalue weighted by Crippen LogP contribution is -2.45. The molecule has 5 heteroatoms. The molecule has 0 aliphatic carbocycles. The van der Waals surface area contributed by atoms with Crippen molar-refractivity contribution in [3.63, 3.8) is 0 Å². The molecule has 1 aliphatic rings. The molecule has 1 aliphatic heterocycles. The third-order valence-electron chi connectivity index (χ3n) is 3.88. The molecule has 3 N–H and O–H groups in total. The van der Waals surface area contributed by atoms with Crippen molar-refractivity contribution in [2.75, 3.05) is 32.8 Å². The van der Waals surface area contributed by atoms with E-state index in [1.165, 1.54) is 12.1 Å². The zero-order chi connectivity index (χ0) is 14.5. The van der Waals surface area contributed by atoms with Crippen molar-refractivity contribution in [2.24, 2.45) is 0 Å². The number of piperazine rings is 1. The van der Waals surface area contributed by atoms with Crippen LogP contribution in [0.3, 0.4) is 0 Å². The number of phenols is 1. The Hall–Kier alpha value is -1.17. The molecule has 0 radical (unpaired) electrons. The molecule has 112 valence electrons. The van der Waals surface area contributed by atoms with Crippen LogP contribution in [-0.4, -0.2) is 47.9 Å². The summed E-state index contributed by atoms with van der Waals surface area (Å²) >= 11 is 0. The number of aromatic hydroxyl groups is 1. The fourth-order valence-electron chi connectivity index (χ4n) is 2.83. The maximum absolute atomic E-state index is 13.7. The van der Waals surface area contributed by atoms with Gasteiger partial charge < -0.3 is 15.5 Å². The van der Waals surface area contributed by atoms with E-state index >= 15 is 0 Å². The minimum atomic E-state index is -0.320. The molecule has 1 fully saturated rings. The Morgan fingerprint density at radius 1 is 1.35 bits per heavy atom. The first kappa shape index (κ1) is 15.2. The molecule has 1 saturated heterocycles. The highest BCUT2D eigenvalue weighted by Crippen LogP contribution is 2.35. The number of hydrogen-bond donors (Lipinski definition) is 3. The summed E-state index contributed by atoms with van der Waals surface area (Å²) in [4.78, 5) is 2.25. The van der Waals surface area contributed by atoms with E-state index in [2.05, 4.69) is 10.2 Å². The van der Waals surface area contributed by atoms with E-state index in [0.717, 1.165) is 26.2 Å². The molecule has 0 bridgehead atoms. The van der Waals surface area contributed by atoms with Crippen molar-refractivity contribution < 1.29 is 14.6 Å². The number of aliphatic hydroxyl groups is 1. The Bertz CT molecular complexity index is 448. The van der Waals surface area contributed by atoms with Crippen LogP contribution < -0.4 is 5.32 Å². The first-order valence-corrected chi connectivity index (χ1v) is 7.18. The van der Waals surface area contributed by atoms with Gasteiger partial charge in [0.05, 0.1) is 0 Å². The molecule has 4 nitrogen and oxygen atoms in total. The lowest BCUT2D eigenvalue weighted by atomic mass is 9.96. The van der Waals surface area contributed by atoms with Gasteiger partial charge in [-0.05, 0) is 37.5 Å². The van der Waals surface area contributed by atoms with Gasteiger partial charge in [0.1, 0.15) is 11.6 Å². The number of aryl methyl sites for hydroxylation is 1. The second-order valence-electron chi connectivity index (χ2n) is 5.33. The third-order valence-corrected chi connectivity index (χ3v) is 3.88. The SMILES string of the molecule is Cc1cc(F)cc([C@@H](CCCO)N2CCNCC2)c1O. The Labute approximate surface area is 119 Å². The van der Waals surface area contributed by atoms with Gasteiger partial charge in [-0.2, -0.15) is 0 Å². The van der Waals surface area contributed by atoms with Crippen LogP contribution in [0.4, 0.5) is 4.39 Å². The van der Waals surface area contributed by atoms with Gasteiger partial charge in [-0.15, -0.1) is 0 Å². The second kappa shape index (κ2) is 7.02. The van der Waals surface area contributed by atoms with E-state index in [1.807, 2.05) is 0 Å². The van der Waals surface area contributed by atoms with E-state index in [4.69, 9.17) is 5.11 Å². The number of phenolic OH excluding ortho intramolecular Hbond substituents is 1. The Balaban J connectivity index is 2.29. The van der Waals surface area contributed by atoms with E-state index in [-0.39, 0.29) is 24.2 Å². The van der Waals surface area contributed by atoms with Gasteiger partial charge in [-0.25, -0.2) is 4.39 Å². The zero-order valence-electron chi connectivity index (χ0n) is 11.9. The number of benzene rings is 1. The largest absolute Gasteiger partial charge is 0.507 e. The predicted octanol–water partition coefficient (Wildman–Crippen LogP) is 1.56. The summed E-state index contributed by atoms with van der Waals surface area (Å²) in [6, 6.07) is 2.73. The predicted molar refractivity (Wildman–Crippen MR) is 76.3 cm³/mol. The monoisotopic (exact) mass is 282 g/mol. The molecular weight excluding hydrogens is 259 g/mol. The van der Waals surface area contributed by atoms with E-state index in [9.17, 15) is 9.50 Å². The molecule has 1 heterocycles. The minimum absolute atomic E-state index is 0.0429. The van der Waals surface area contributed by atoms with Crippen LogP contribution in [0, 0.1) is 12.7 Å². The van der Waals surface area contributed by atoms with Crippen LogP contribution in [0.15, 0.2) is 12.1 Å². The Morgan fingerprint density at radius 2 is 2.05 bits per heavy atom. The maximum atomic E-state index is 13.7. The van der Waals surface area contributed by atoms with Crippen LogP contribution in [0.1, 0.15) is 30.0 Å². The van der Waals surface area contributed by atoms with Gasteiger partial charge in [0.2, 0.25) is 0 Å². The standard InChI is InChI=1S/C15H23FN2O2/c1-11-9-12(16)10-13(15(11)20)14(3-2-8-19)18-6-4-17-5-7-18/h9-10,14,17,19-20H,2-8H2,1H3/t14-/m1/s1. The van der Waals surface area contributed by atoms with Crippen molar-refractivity contribution in [3.05, 3.63) is 29.1 Å². The van der Waals surface area contributed by atoms with Crippen LogP contribution in [0.25, 0.3) is 0 Å². The Morgan fingerprint density at radius 3 is 2.70 bits per heavy atom. The molecular formula is C15H23FN2O2. The first-order chi connectivity index (χ1) is 9.63. The fourth-order valence-corrected chi connectivity index (χ4v) is 2.83. The number of nitrogens with one attached hydrogen (secondary N) is 1. The molecule has 0 amide bonds. The molecule has 0 spiro atoms. The van der Waals surface area contributed by atoms with Gasteiger partial charge in [0.15, 0.2) is 0 Å². The molecule has 20 heavy (non-hydrogen) atoms. The number of rotatable bonds is 5. The molecule has 0 aromatic heterocycles. The van der Waals surface area contributed by atoms with E-state index < -0.39 is 0 Å². The van der Waals surface area contributed by atoms with Crippen molar-refractivity contribution in [1.29, 1.82) is 0 Å². The summed E-state index contributed by atoms with van der Waals surface area (Å²) in [7, 11) is 0. The topological polar surface area (TPSA) is 55.7 Å². The van der Waals surface area contributed by atoms with Crippen LogP contribution >= 0.6 is 0 Å². The average Bonchev–Trinajstić information content (AvgIpc) is 2.45. The highest BCUT2D eigenvalue weighted by atomic mass is 19.1. The summed E-state index contributed by atoms with van der Waals surface area (Å²) in [5.41, 5.74) is 1.20. The summed E-state index contributed by atoms with van der Waals surface area (Å²) in [6.45, 7) is 5.34. The van der Waals surface area contributed by atoms with Gasteiger partial charge >= 0.3 is 0 Å². The summed E-state index contributed by atoms with van der Waals surface area (Å²) in [6.07, 6.45) is 1.36. The molecule has 0 saturated carbocycles. The molecule has 1 aromatic rings. The van der Waals surface area contributed by atoms with Gasteiger partial charge in [-0.3, -0.25) is 4.90 Å². The Kier molecular flexibility index (Phi) is 5.34. The van der Waals surface area contributed by atoms with Gasteiger partial charge in [0, 0.05) is 44.4 Å². The fraction of sp³-hybridized carbons (Fsp3) is 0.600. The lowest BCUT2D eigenvalue weighted by molar-refractivity contribution is 0.152. The third kappa shape index (κ3) is 3.48. The van der Waals surface area contributed by atoms with E-state index in [0.29, 0.717) is 24.0 Å².